The van der Waals surface area contributed by atoms with Crippen molar-refractivity contribution in [3.63, 3.8) is 0 Å². The lowest BCUT2D eigenvalue weighted by Crippen LogP contribution is -2.36. The molecule has 4 nitrogen and oxygen atoms in total. The Labute approximate surface area is 108 Å². The summed E-state index contributed by atoms with van der Waals surface area (Å²) in [6, 6.07) is 6.07. The van der Waals surface area contributed by atoms with Crippen LogP contribution in [0.3, 0.4) is 0 Å². The molecule has 0 aliphatic carbocycles. The lowest BCUT2D eigenvalue weighted by Gasteiger charge is -2.12. The summed E-state index contributed by atoms with van der Waals surface area (Å²) >= 11 is 0. The fraction of sp³-hybridized carbons (Fsp3) is 0.357. The molecule has 1 aromatic rings. The predicted molar refractivity (Wildman–Crippen MR) is 71.9 cm³/mol. The molecule has 0 fully saturated rings. The maximum Gasteiger partial charge on any atom is 0.269 e. The van der Waals surface area contributed by atoms with Crippen molar-refractivity contribution in [2.24, 2.45) is 5.92 Å². The summed E-state index contributed by atoms with van der Waals surface area (Å²) in [6.45, 7) is 8.12. The summed E-state index contributed by atoms with van der Waals surface area (Å²) in [5.74, 6) is 0.498. The number of phenolic OH excluding ortho intramolecular Hbond substituents is 1. The first-order valence-corrected chi connectivity index (χ1v) is 6.02. The van der Waals surface area contributed by atoms with E-state index in [2.05, 4.69) is 31.3 Å². The van der Waals surface area contributed by atoms with Crippen LogP contribution in [0.15, 0.2) is 36.5 Å². The second kappa shape index (κ2) is 6.69. The van der Waals surface area contributed by atoms with Gasteiger partial charge in [-0.2, -0.15) is 0 Å². The standard InChI is InChI=1S/C14H20N2O2/c1-10(2)4-5-11(3)15-16-14(18)12-6-8-13(17)9-7-12/h6-10,15,17H,3-5H2,1-2H3,(H,16,18). The number of hydrogen-bond donors (Lipinski definition) is 3. The van der Waals surface area contributed by atoms with Gasteiger partial charge in [0.05, 0.1) is 0 Å². The lowest BCUT2D eigenvalue weighted by molar-refractivity contribution is 0.0938. The average Bonchev–Trinajstić information content (AvgIpc) is 2.34. The molecule has 0 aromatic heterocycles. The summed E-state index contributed by atoms with van der Waals surface area (Å²) in [5.41, 5.74) is 6.64. The topological polar surface area (TPSA) is 61.4 Å². The number of rotatable bonds is 6. The number of hydrazine groups is 1. The molecule has 0 saturated heterocycles. The number of carbonyl (C=O) groups excluding carboxylic acids is 1. The van der Waals surface area contributed by atoms with Crippen molar-refractivity contribution >= 4 is 5.91 Å². The number of hydrogen-bond acceptors (Lipinski definition) is 3. The second-order valence-electron chi connectivity index (χ2n) is 4.66. The van der Waals surface area contributed by atoms with Gasteiger partial charge in [-0.15, -0.1) is 0 Å². The van der Waals surface area contributed by atoms with E-state index < -0.39 is 0 Å². The average molecular weight is 248 g/mol. The van der Waals surface area contributed by atoms with Gasteiger partial charge in [-0.1, -0.05) is 20.4 Å². The van der Waals surface area contributed by atoms with Crippen LogP contribution < -0.4 is 10.9 Å². The number of carbonyl (C=O) groups is 1. The first-order chi connectivity index (χ1) is 8.49. The molecule has 1 aromatic carbocycles. The van der Waals surface area contributed by atoms with Gasteiger partial charge in [0.1, 0.15) is 5.75 Å². The van der Waals surface area contributed by atoms with Crippen molar-refractivity contribution in [2.75, 3.05) is 0 Å². The van der Waals surface area contributed by atoms with Crippen molar-refractivity contribution in [3.05, 3.63) is 42.1 Å². The minimum absolute atomic E-state index is 0.140. The van der Waals surface area contributed by atoms with E-state index in [0.29, 0.717) is 11.5 Å². The van der Waals surface area contributed by atoms with Gasteiger partial charge >= 0.3 is 0 Å². The Bertz CT molecular complexity index is 410. The van der Waals surface area contributed by atoms with Crippen molar-refractivity contribution in [1.82, 2.24) is 10.9 Å². The number of amides is 1. The molecule has 0 radical (unpaired) electrons. The van der Waals surface area contributed by atoms with Crippen molar-refractivity contribution in [3.8, 4) is 5.75 Å². The molecule has 0 spiro atoms. The van der Waals surface area contributed by atoms with Crippen LogP contribution >= 0.6 is 0 Å². The summed E-state index contributed by atoms with van der Waals surface area (Å²) in [5, 5.41) is 9.12. The number of phenols is 1. The molecular weight excluding hydrogens is 228 g/mol. The van der Waals surface area contributed by atoms with Crippen molar-refractivity contribution in [2.45, 2.75) is 26.7 Å². The molecule has 0 saturated carbocycles. The molecule has 0 aliphatic rings. The molecule has 1 rings (SSSR count). The van der Waals surface area contributed by atoms with E-state index >= 15 is 0 Å². The highest BCUT2D eigenvalue weighted by atomic mass is 16.3. The smallest absolute Gasteiger partial charge is 0.269 e. The van der Waals surface area contributed by atoms with Gasteiger partial charge in [-0.25, -0.2) is 0 Å². The van der Waals surface area contributed by atoms with E-state index in [-0.39, 0.29) is 11.7 Å². The first kappa shape index (κ1) is 14.1. The van der Waals surface area contributed by atoms with E-state index in [0.717, 1.165) is 18.5 Å². The Kier molecular flexibility index (Phi) is 5.24. The molecule has 0 heterocycles. The predicted octanol–water partition coefficient (Wildman–Crippen LogP) is 2.58. The molecule has 0 unspecified atom stereocenters. The number of benzene rings is 1. The zero-order valence-corrected chi connectivity index (χ0v) is 10.9. The van der Waals surface area contributed by atoms with Gasteiger partial charge < -0.3 is 10.5 Å². The van der Waals surface area contributed by atoms with Gasteiger partial charge in [0, 0.05) is 11.3 Å². The van der Waals surface area contributed by atoms with Crippen molar-refractivity contribution in [1.29, 1.82) is 0 Å². The van der Waals surface area contributed by atoms with Crippen LogP contribution in [0.2, 0.25) is 0 Å². The Hall–Kier alpha value is -1.97. The molecule has 3 N–H and O–H groups in total. The first-order valence-electron chi connectivity index (χ1n) is 6.02. The molecule has 0 aliphatic heterocycles. The summed E-state index contributed by atoms with van der Waals surface area (Å²) in [7, 11) is 0. The normalized spacial score (nSPS) is 10.2. The summed E-state index contributed by atoms with van der Waals surface area (Å²) < 4.78 is 0. The van der Waals surface area contributed by atoms with E-state index in [1.807, 2.05) is 0 Å². The van der Waals surface area contributed by atoms with Gasteiger partial charge in [0.25, 0.3) is 5.91 Å². The third-order valence-corrected chi connectivity index (χ3v) is 2.51. The number of nitrogens with one attached hydrogen (secondary N) is 2. The molecule has 1 amide bonds. The largest absolute Gasteiger partial charge is 0.508 e. The molecule has 0 bridgehead atoms. The molecule has 98 valence electrons. The van der Waals surface area contributed by atoms with Crippen molar-refractivity contribution < 1.29 is 9.90 Å². The fourth-order valence-corrected chi connectivity index (χ4v) is 1.36. The van der Waals surface area contributed by atoms with E-state index in [1.54, 1.807) is 12.1 Å². The SMILES string of the molecule is C=C(CCC(C)C)NNC(=O)c1ccc(O)cc1. The summed E-state index contributed by atoms with van der Waals surface area (Å²) in [6.07, 6.45) is 1.86. The van der Waals surface area contributed by atoms with Crippen LogP contribution in [0, 0.1) is 5.92 Å². The van der Waals surface area contributed by atoms with Crippen LogP contribution in [-0.2, 0) is 0 Å². The van der Waals surface area contributed by atoms with E-state index in [9.17, 15) is 4.79 Å². The minimum atomic E-state index is -0.249. The highest BCUT2D eigenvalue weighted by molar-refractivity contribution is 5.94. The maximum absolute atomic E-state index is 11.7. The monoisotopic (exact) mass is 248 g/mol. The molecular formula is C14H20N2O2. The molecule has 18 heavy (non-hydrogen) atoms. The fourth-order valence-electron chi connectivity index (χ4n) is 1.36. The Morgan fingerprint density at radius 2 is 1.89 bits per heavy atom. The Balaban J connectivity index is 2.37. The highest BCUT2D eigenvalue weighted by Crippen LogP contribution is 2.09. The van der Waals surface area contributed by atoms with Gasteiger partial charge in [0.15, 0.2) is 0 Å². The van der Waals surface area contributed by atoms with Gasteiger partial charge in [-0.3, -0.25) is 10.2 Å². The van der Waals surface area contributed by atoms with Gasteiger partial charge in [-0.05, 0) is 43.0 Å². The van der Waals surface area contributed by atoms with E-state index in [4.69, 9.17) is 5.11 Å². The number of allylic oxidation sites excluding steroid dienone is 1. The van der Waals surface area contributed by atoms with Gasteiger partial charge in [0.2, 0.25) is 0 Å². The van der Waals surface area contributed by atoms with Crippen LogP contribution in [0.25, 0.3) is 0 Å². The molecule has 4 heteroatoms. The van der Waals surface area contributed by atoms with Crippen LogP contribution in [0.1, 0.15) is 37.0 Å². The summed E-state index contributed by atoms with van der Waals surface area (Å²) in [4.78, 5) is 11.7. The van der Waals surface area contributed by atoms with Crippen LogP contribution in [0.5, 0.6) is 5.75 Å². The third-order valence-electron chi connectivity index (χ3n) is 2.51. The highest BCUT2D eigenvalue weighted by Gasteiger charge is 2.05. The lowest BCUT2D eigenvalue weighted by atomic mass is 10.1. The number of aromatic hydroxyl groups is 1. The minimum Gasteiger partial charge on any atom is -0.508 e. The van der Waals surface area contributed by atoms with Crippen LogP contribution in [0.4, 0.5) is 0 Å². The second-order valence-corrected chi connectivity index (χ2v) is 4.66. The Morgan fingerprint density at radius 3 is 2.44 bits per heavy atom. The van der Waals surface area contributed by atoms with E-state index in [1.165, 1.54) is 12.1 Å². The quantitative estimate of drug-likeness (QED) is 0.678. The third kappa shape index (κ3) is 4.91. The zero-order chi connectivity index (χ0) is 13.5. The zero-order valence-electron chi connectivity index (χ0n) is 10.9. The molecule has 0 atom stereocenters. The Morgan fingerprint density at radius 1 is 1.28 bits per heavy atom. The van der Waals surface area contributed by atoms with Crippen LogP contribution in [-0.4, -0.2) is 11.0 Å². The maximum atomic E-state index is 11.7.